The summed E-state index contributed by atoms with van der Waals surface area (Å²) in [6, 6.07) is 14.0. The molecular formula is C23H23N5O2. The smallest absolute Gasteiger partial charge is 0.232 e. The van der Waals surface area contributed by atoms with Crippen LogP contribution in [-0.2, 0) is 11.3 Å². The summed E-state index contributed by atoms with van der Waals surface area (Å²) in [5.74, 6) is 1.00. The second-order valence-corrected chi connectivity index (χ2v) is 7.84. The first-order valence-electron chi connectivity index (χ1n) is 10.3. The van der Waals surface area contributed by atoms with E-state index in [-0.39, 0.29) is 11.8 Å². The van der Waals surface area contributed by atoms with Crippen LogP contribution in [0.3, 0.4) is 0 Å². The average molecular weight is 401 g/mol. The molecule has 5 rings (SSSR count). The monoisotopic (exact) mass is 401 g/mol. The number of fused-ring (bicyclic) bond motifs is 1. The normalized spacial score (nSPS) is 16.7. The van der Waals surface area contributed by atoms with E-state index >= 15 is 0 Å². The minimum Gasteiger partial charge on any atom is -0.339 e. The summed E-state index contributed by atoms with van der Waals surface area (Å²) in [6.45, 7) is 5.66. The van der Waals surface area contributed by atoms with Crippen molar-refractivity contribution >= 4 is 22.6 Å². The van der Waals surface area contributed by atoms with Crippen LogP contribution in [0.2, 0.25) is 0 Å². The minimum atomic E-state index is -0.104. The van der Waals surface area contributed by atoms with Crippen LogP contribution in [0.5, 0.6) is 0 Å². The first kappa shape index (κ1) is 18.5. The van der Waals surface area contributed by atoms with E-state index in [0.29, 0.717) is 24.7 Å². The molecule has 1 amide bonds. The van der Waals surface area contributed by atoms with Gasteiger partial charge in [0.1, 0.15) is 0 Å². The van der Waals surface area contributed by atoms with Gasteiger partial charge in [0, 0.05) is 30.8 Å². The molecule has 7 nitrogen and oxygen atoms in total. The summed E-state index contributed by atoms with van der Waals surface area (Å²) in [5, 5.41) is 4.16. The first-order valence-corrected chi connectivity index (χ1v) is 10.3. The lowest BCUT2D eigenvalue weighted by Gasteiger charge is -2.16. The molecule has 1 saturated heterocycles. The van der Waals surface area contributed by atoms with Gasteiger partial charge >= 0.3 is 0 Å². The molecule has 0 N–H and O–H groups in total. The van der Waals surface area contributed by atoms with E-state index < -0.39 is 0 Å². The van der Waals surface area contributed by atoms with Gasteiger partial charge in [-0.3, -0.25) is 4.79 Å². The maximum absolute atomic E-state index is 12.5. The number of carbonyl (C=O) groups excluding carboxylic acids is 1. The average Bonchev–Trinajstić information content (AvgIpc) is 3.47. The number of nitrogens with zero attached hydrogens (tertiary/aromatic N) is 5. The van der Waals surface area contributed by atoms with Crippen molar-refractivity contribution in [1.29, 1.82) is 0 Å². The fourth-order valence-corrected chi connectivity index (χ4v) is 3.99. The number of aromatic nitrogens is 4. The summed E-state index contributed by atoms with van der Waals surface area (Å²) in [5.41, 5.74) is 4.94. The van der Waals surface area contributed by atoms with Gasteiger partial charge in [0.15, 0.2) is 0 Å². The molecule has 4 aromatic rings. The lowest BCUT2D eigenvalue weighted by atomic mass is 10.1. The predicted molar refractivity (Wildman–Crippen MR) is 114 cm³/mol. The Balaban J connectivity index is 1.37. The highest BCUT2D eigenvalue weighted by Crippen LogP contribution is 2.32. The molecule has 152 valence electrons. The quantitative estimate of drug-likeness (QED) is 0.498. The van der Waals surface area contributed by atoms with Gasteiger partial charge in [-0.15, -0.1) is 0 Å². The van der Waals surface area contributed by atoms with E-state index in [1.54, 1.807) is 4.90 Å². The molecular weight excluding hydrogens is 378 g/mol. The standard InChI is InChI=1S/C23H23N5O2/c1-3-10-27-14-24-19-11-16(6-9-20(19)27)22-25-23(30-26-22)17-12-21(29)28(13-17)18-7-4-15(2)5-8-18/h4-9,11,14,17H,3,10,12-13H2,1-2H3. The number of amides is 1. The molecule has 30 heavy (non-hydrogen) atoms. The Bertz CT molecular complexity index is 1210. The summed E-state index contributed by atoms with van der Waals surface area (Å²) in [4.78, 5) is 23.4. The molecule has 1 aliphatic heterocycles. The molecule has 2 aromatic carbocycles. The summed E-state index contributed by atoms with van der Waals surface area (Å²) >= 11 is 0. The van der Waals surface area contributed by atoms with Crippen molar-refractivity contribution in [3.05, 3.63) is 60.2 Å². The van der Waals surface area contributed by atoms with Crippen LogP contribution in [0, 0.1) is 6.92 Å². The number of anilines is 1. The third-order valence-corrected chi connectivity index (χ3v) is 5.61. The fraction of sp³-hybridized carbons (Fsp3) is 0.304. The van der Waals surface area contributed by atoms with E-state index in [9.17, 15) is 4.79 Å². The van der Waals surface area contributed by atoms with Crippen molar-refractivity contribution in [3.63, 3.8) is 0 Å². The highest BCUT2D eigenvalue weighted by molar-refractivity contribution is 5.96. The maximum Gasteiger partial charge on any atom is 0.232 e. The molecule has 0 saturated carbocycles. The molecule has 7 heteroatoms. The van der Waals surface area contributed by atoms with Crippen molar-refractivity contribution in [3.8, 4) is 11.4 Å². The second kappa shape index (κ2) is 7.40. The molecule has 0 bridgehead atoms. The number of rotatable bonds is 5. The lowest BCUT2D eigenvalue weighted by Crippen LogP contribution is -2.24. The Morgan fingerprint density at radius 3 is 2.80 bits per heavy atom. The summed E-state index contributed by atoms with van der Waals surface area (Å²) < 4.78 is 7.69. The van der Waals surface area contributed by atoms with E-state index in [1.807, 2.05) is 55.7 Å². The van der Waals surface area contributed by atoms with Gasteiger partial charge in [-0.1, -0.05) is 29.8 Å². The fourth-order valence-electron chi connectivity index (χ4n) is 3.99. The molecule has 1 aliphatic rings. The van der Waals surface area contributed by atoms with Gasteiger partial charge in [-0.05, 0) is 43.7 Å². The predicted octanol–water partition coefficient (Wildman–Crippen LogP) is 4.33. The van der Waals surface area contributed by atoms with E-state index in [4.69, 9.17) is 4.52 Å². The number of imidazole rings is 1. The number of carbonyl (C=O) groups is 1. The maximum atomic E-state index is 12.5. The highest BCUT2D eigenvalue weighted by Gasteiger charge is 2.35. The van der Waals surface area contributed by atoms with Gasteiger partial charge in [0.2, 0.25) is 17.6 Å². The Morgan fingerprint density at radius 2 is 2.00 bits per heavy atom. The molecule has 2 aromatic heterocycles. The Labute approximate surface area is 174 Å². The lowest BCUT2D eigenvalue weighted by molar-refractivity contribution is -0.117. The second-order valence-electron chi connectivity index (χ2n) is 7.84. The van der Waals surface area contributed by atoms with Crippen LogP contribution in [0.15, 0.2) is 53.3 Å². The van der Waals surface area contributed by atoms with Crippen molar-refractivity contribution in [2.75, 3.05) is 11.4 Å². The SMILES string of the molecule is CCCn1cnc2cc(-c3noc(C4CC(=O)N(c5ccc(C)cc5)C4)n3)ccc21. The van der Waals surface area contributed by atoms with Gasteiger partial charge < -0.3 is 14.0 Å². The largest absolute Gasteiger partial charge is 0.339 e. The molecule has 1 atom stereocenters. The third kappa shape index (κ3) is 3.26. The van der Waals surface area contributed by atoms with Gasteiger partial charge in [-0.25, -0.2) is 4.98 Å². The van der Waals surface area contributed by atoms with Gasteiger partial charge in [0.05, 0.1) is 23.3 Å². The van der Waals surface area contributed by atoms with E-state index in [1.165, 1.54) is 5.56 Å². The van der Waals surface area contributed by atoms with Crippen molar-refractivity contribution in [2.45, 2.75) is 39.2 Å². The zero-order valence-electron chi connectivity index (χ0n) is 17.1. The number of benzene rings is 2. The Kier molecular flexibility index (Phi) is 4.58. The molecule has 3 heterocycles. The van der Waals surface area contributed by atoms with E-state index in [2.05, 4.69) is 26.6 Å². The highest BCUT2D eigenvalue weighted by atomic mass is 16.5. The molecule has 1 fully saturated rings. The summed E-state index contributed by atoms with van der Waals surface area (Å²) in [7, 11) is 0. The minimum absolute atomic E-state index is 0.0755. The zero-order valence-corrected chi connectivity index (χ0v) is 17.1. The number of hydrogen-bond donors (Lipinski definition) is 0. The van der Waals surface area contributed by atoms with Gasteiger partial charge in [0.25, 0.3) is 0 Å². The number of aryl methyl sites for hydroxylation is 2. The van der Waals surface area contributed by atoms with Crippen LogP contribution >= 0.6 is 0 Å². The summed E-state index contributed by atoms with van der Waals surface area (Å²) in [6.07, 6.45) is 3.29. The van der Waals surface area contributed by atoms with Crippen LogP contribution in [0.4, 0.5) is 5.69 Å². The zero-order chi connectivity index (χ0) is 20.7. The van der Waals surface area contributed by atoms with Crippen molar-refractivity contribution in [1.82, 2.24) is 19.7 Å². The third-order valence-electron chi connectivity index (χ3n) is 5.61. The van der Waals surface area contributed by atoms with Crippen molar-refractivity contribution in [2.24, 2.45) is 0 Å². The Hall–Kier alpha value is -3.48. The first-order chi connectivity index (χ1) is 14.6. The topological polar surface area (TPSA) is 77.0 Å². The van der Waals surface area contributed by atoms with Crippen LogP contribution in [-0.4, -0.2) is 32.1 Å². The van der Waals surface area contributed by atoms with Crippen LogP contribution in [0.25, 0.3) is 22.4 Å². The molecule has 0 aliphatic carbocycles. The van der Waals surface area contributed by atoms with Crippen molar-refractivity contribution < 1.29 is 9.32 Å². The molecule has 1 unspecified atom stereocenters. The Morgan fingerprint density at radius 1 is 1.17 bits per heavy atom. The van der Waals surface area contributed by atoms with Gasteiger partial charge in [-0.2, -0.15) is 4.98 Å². The molecule has 0 radical (unpaired) electrons. The van der Waals surface area contributed by atoms with Crippen LogP contribution in [0.1, 0.15) is 37.1 Å². The molecule has 0 spiro atoms. The van der Waals surface area contributed by atoms with E-state index in [0.717, 1.165) is 35.2 Å². The number of hydrogen-bond acceptors (Lipinski definition) is 5. The van der Waals surface area contributed by atoms with Crippen LogP contribution < -0.4 is 4.90 Å².